The van der Waals surface area contributed by atoms with E-state index >= 15 is 0 Å². The van der Waals surface area contributed by atoms with Gasteiger partial charge < -0.3 is 11.6 Å². The monoisotopic (exact) mass is 242 g/mol. The van der Waals surface area contributed by atoms with E-state index in [4.69, 9.17) is 14.8 Å². The van der Waals surface area contributed by atoms with Crippen molar-refractivity contribution in [2.75, 3.05) is 0 Å². The van der Waals surface area contributed by atoms with Gasteiger partial charge in [0.05, 0.1) is 5.56 Å². The Balaban J connectivity index is 0. The largest absolute Gasteiger partial charge is 1.00 e. The van der Waals surface area contributed by atoms with E-state index in [2.05, 4.69) is 0 Å². The van der Waals surface area contributed by atoms with Gasteiger partial charge in [-0.15, -0.1) is 0 Å². The molecule has 0 saturated heterocycles. The number of carboxylic acids is 1. The van der Waals surface area contributed by atoms with Crippen molar-refractivity contribution < 1.29 is 59.0 Å². The molecule has 3 N–H and O–H groups in total. The van der Waals surface area contributed by atoms with Crippen LogP contribution in [0.1, 0.15) is 11.8 Å². The van der Waals surface area contributed by atoms with Gasteiger partial charge in [0.25, 0.3) is 10.1 Å². The van der Waals surface area contributed by atoms with Crippen molar-refractivity contribution in [1.82, 2.24) is 0 Å². The average Bonchev–Trinajstić information content (AvgIpc) is 2.01. The van der Waals surface area contributed by atoms with E-state index in [1.54, 1.807) is 0 Å². The Morgan fingerprint density at radius 1 is 1.33 bits per heavy atom. The van der Waals surface area contributed by atoms with E-state index in [0.717, 1.165) is 12.1 Å². The van der Waals surface area contributed by atoms with Crippen molar-refractivity contribution in [3.8, 4) is 5.75 Å². The molecule has 0 aromatic heterocycles. The van der Waals surface area contributed by atoms with E-state index in [1.807, 2.05) is 0 Å². The minimum absolute atomic E-state index is 0. The molecule has 0 atom stereocenters. The zero-order valence-electron chi connectivity index (χ0n) is 8.71. The summed E-state index contributed by atoms with van der Waals surface area (Å²) in [5, 5.41) is 17.5. The molecule has 6 nitrogen and oxygen atoms in total. The molecule has 8 heteroatoms. The maximum absolute atomic E-state index is 10.7. The topological polar surface area (TPSA) is 112 Å². The smallest absolute Gasteiger partial charge is 1.00 e. The molecule has 78 valence electrons. The van der Waals surface area contributed by atoms with Gasteiger partial charge in [0, 0.05) is 6.07 Å². The molecular formula is C7H7NaO6S. The number of phenols is 1. The molecule has 0 radical (unpaired) electrons. The van der Waals surface area contributed by atoms with Crippen LogP contribution in [0.5, 0.6) is 5.75 Å². The zero-order chi connectivity index (χ0) is 10.9. The Bertz CT molecular complexity index is 486. The Labute approximate surface area is 109 Å². The maximum Gasteiger partial charge on any atom is 1.00 e. The normalized spacial score (nSPS) is 10.5. The summed E-state index contributed by atoms with van der Waals surface area (Å²) in [6.07, 6.45) is 0. The van der Waals surface area contributed by atoms with E-state index in [1.165, 1.54) is 0 Å². The standard InChI is InChI=1S/C7H6O6S.Na.H/c8-4-1-2-5(7(9)10)6(3-4)14(11,12)13;;/h1-3,8H,(H,9,10)(H,11,12,13);;/q;+1;-1. The fourth-order valence-corrected chi connectivity index (χ4v) is 1.60. The molecule has 0 aliphatic heterocycles. The van der Waals surface area contributed by atoms with Crippen molar-refractivity contribution in [2.24, 2.45) is 0 Å². The fourth-order valence-electron chi connectivity index (χ4n) is 0.901. The number of carboxylic acid groups (broad SMARTS) is 1. The molecule has 0 aliphatic carbocycles. The molecule has 0 aliphatic rings. The second-order valence-corrected chi connectivity index (χ2v) is 3.85. The van der Waals surface area contributed by atoms with Crippen molar-refractivity contribution in [1.29, 1.82) is 0 Å². The first kappa shape index (κ1) is 14.4. The first-order valence-corrected chi connectivity index (χ1v) is 4.80. The van der Waals surface area contributed by atoms with Crippen LogP contribution >= 0.6 is 0 Å². The third-order valence-corrected chi connectivity index (χ3v) is 2.37. The number of aromatic carboxylic acids is 1. The second kappa shape index (κ2) is 4.95. The van der Waals surface area contributed by atoms with Crippen LogP contribution in [0.2, 0.25) is 0 Å². The zero-order valence-corrected chi connectivity index (χ0v) is 10.5. The molecule has 0 saturated carbocycles. The van der Waals surface area contributed by atoms with Gasteiger partial charge in [-0.2, -0.15) is 8.42 Å². The van der Waals surface area contributed by atoms with Crippen molar-refractivity contribution in [3.63, 3.8) is 0 Å². The molecule has 0 heterocycles. The summed E-state index contributed by atoms with van der Waals surface area (Å²) in [5.41, 5.74) is -0.592. The van der Waals surface area contributed by atoms with Gasteiger partial charge in [-0.3, -0.25) is 4.55 Å². The number of rotatable bonds is 2. The van der Waals surface area contributed by atoms with Crippen molar-refractivity contribution in [2.45, 2.75) is 4.90 Å². The Morgan fingerprint density at radius 2 is 1.87 bits per heavy atom. The Kier molecular flexibility index (Phi) is 4.75. The van der Waals surface area contributed by atoms with Gasteiger partial charge in [-0.25, -0.2) is 4.79 Å². The van der Waals surface area contributed by atoms with Crippen LogP contribution in [-0.2, 0) is 10.1 Å². The maximum atomic E-state index is 10.7. The van der Waals surface area contributed by atoms with Crippen LogP contribution in [-0.4, -0.2) is 29.2 Å². The molecule has 0 bridgehead atoms. The van der Waals surface area contributed by atoms with Crippen LogP contribution < -0.4 is 29.6 Å². The van der Waals surface area contributed by atoms with Gasteiger partial charge in [0.2, 0.25) is 0 Å². The van der Waals surface area contributed by atoms with Crippen LogP contribution in [0, 0.1) is 0 Å². The van der Waals surface area contributed by atoms with Gasteiger partial charge in [0.1, 0.15) is 10.6 Å². The van der Waals surface area contributed by atoms with E-state index in [0.29, 0.717) is 6.07 Å². The Hall–Kier alpha value is -0.600. The van der Waals surface area contributed by atoms with Gasteiger partial charge in [-0.1, -0.05) is 0 Å². The first-order valence-electron chi connectivity index (χ1n) is 3.36. The molecule has 1 rings (SSSR count). The quantitative estimate of drug-likeness (QED) is 0.389. The van der Waals surface area contributed by atoms with Crippen LogP contribution in [0.3, 0.4) is 0 Å². The summed E-state index contributed by atoms with van der Waals surface area (Å²) in [6, 6.07) is 2.57. The van der Waals surface area contributed by atoms with E-state index in [9.17, 15) is 13.2 Å². The molecule has 0 fully saturated rings. The average molecular weight is 242 g/mol. The number of phenolic OH excluding ortho intramolecular Hbond substituents is 1. The van der Waals surface area contributed by atoms with Crippen LogP contribution in [0.25, 0.3) is 0 Å². The summed E-state index contributed by atoms with van der Waals surface area (Å²) in [7, 11) is -4.64. The number of aromatic hydroxyl groups is 1. The summed E-state index contributed by atoms with van der Waals surface area (Å²) in [5.74, 6) is -1.94. The van der Waals surface area contributed by atoms with E-state index < -0.39 is 32.3 Å². The molecule has 1 aromatic carbocycles. The third kappa shape index (κ3) is 3.47. The number of benzene rings is 1. The molecule has 15 heavy (non-hydrogen) atoms. The number of hydrogen-bond donors (Lipinski definition) is 3. The third-order valence-electron chi connectivity index (χ3n) is 1.47. The summed E-state index contributed by atoms with van der Waals surface area (Å²) in [4.78, 5) is 9.69. The summed E-state index contributed by atoms with van der Waals surface area (Å²) < 4.78 is 30.0. The molecule has 0 unspecified atom stereocenters. The van der Waals surface area contributed by atoms with Gasteiger partial charge in [0.15, 0.2) is 0 Å². The molecule has 0 spiro atoms. The SMILES string of the molecule is O=C(O)c1ccc(O)cc1S(=O)(=O)O.[H-].[Na+]. The number of hydrogen-bond acceptors (Lipinski definition) is 4. The second-order valence-electron chi connectivity index (χ2n) is 2.46. The summed E-state index contributed by atoms with van der Waals surface area (Å²) >= 11 is 0. The van der Waals surface area contributed by atoms with Gasteiger partial charge in [-0.05, 0) is 12.1 Å². The molecule has 0 amide bonds. The van der Waals surface area contributed by atoms with Crippen molar-refractivity contribution >= 4 is 16.1 Å². The fraction of sp³-hybridized carbons (Fsp3) is 0. The summed E-state index contributed by atoms with van der Waals surface area (Å²) in [6.45, 7) is 0. The Morgan fingerprint density at radius 3 is 2.27 bits per heavy atom. The van der Waals surface area contributed by atoms with Crippen molar-refractivity contribution in [3.05, 3.63) is 23.8 Å². The molecular weight excluding hydrogens is 235 g/mol. The minimum atomic E-state index is -4.64. The number of carbonyl (C=O) groups is 1. The van der Waals surface area contributed by atoms with Crippen LogP contribution in [0.15, 0.2) is 23.1 Å². The minimum Gasteiger partial charge on any atom is -1.00 e. The predicted molar refractivity (Wildman–Crippen MR) is 46.0 cm³/mol. The van der Waals surface area contributed by atoms with Crippen LogP contribution in [0.4, 0.5) is 0 Å². The predicted octanol–water partition coefficient (Wildman–Crippen LogP) is -2.55. The van der Waals surface area contributed by atoms with Gasteiger partial charge >= 0.3 is 35.5 Å². The van der Waals surface area contributed by atoms with E-state index in [-0.39, 0.29) is 31.0 Å². The molecule has 1 aromatic rings. The first-order chi connectivity index (χ1) is 6.32.